The van der Waals surface area contributed by atoms with Crippen LogP contribution in [0, 0.1) is 5.41 Å². The fourth-order valence-corrected chi connectivity index (χ4v) is 1.03. The SMILES string of the molecule is C=CCC(C)NC(=O)[C@@H](N)C(C)(C)C. The molecule has 3 heteroatoms. The molecule has 0 saturated heterocycles. The summed E-state index contributed by atoms with van der Waals surface area (Å²) >= 11 is 0. The van der Waals surface area contributed by atoms with E-state index in [4.69, 9.17) is 5.73 Å². The Labute approximate surface area is 86.8 Å². The number of amides is 1. The molecule has 0 bridgehead atoms. The van der Waals surface area contributed by atoms with Gasteiger partial charge in [0.25, 0.3) is 0 Å². The Morgan fingerprint density at radius 2 is 2.07 bits per heavy atom. The summed E-state index contributed by atoms with van der Waals surface area (Å²) in [5, 5.41) is 2.85. The largest absolute Gasteiger partial charge is 0.352 e. The third-order valence-electron chi connectivity index (χ3n) is 2.12. The molecule has 14 heavy (non-hydrogen) atoms. The standard InChI is InChI=1S/C11H22N2O/c1-6-7-8(2)13-10(14)9(12)11(3,4)5/h6,8-9H,1,7,12H2,2-5H3,(H,13,14)/t8?,9-/m1/s1. The van der Waals surface area contributed by atoms with Gasteiger partial charge in [0.2, 0.25) is 5.91 Å². The van der Waals surface area contributed by atoms with Crippen molar-refractivity contribution in [3.05, 3.63) is 12.7 Å². The summed E-state index contributed by atoms with van der Waals surface area (Å²) in [6.45, 7) is 11.4. The van der Waals surface area contributed by atoms with Crippen LogP contribution in [0.5, 0.6) is 0 Å². The highest BCUT2D eigenvalue weighted by Crippen LogP contribution is 2.17. The second kappa shape index (κ2) is 5.15. The molecule has 0 aliphatic heterocycles. The molecule has 2 atom stereocenters. The summed E-state index contributed by atoms with van der Waals surface area (Å²) in [5.74, 6) is -0.0909. The van der Waals surface area contributed by atoms with Gasteiger partial charge in [0.15, 0.2) is 0 Å². The maximum atomic E-state index is 11.6. The van der Waals surface area contributed by atoms with E-state index in [2.05, 4.69) is 11.9 Å². The fourth-order valence-electron chi connectivity index (χ4n) is 1.03. The molecule has 1 amide bonds. The number of carbonyl (C=O) groups is 1. The number of rotatable bonds is 4. The normalized spacial score (nSPS) is 15.8. The lowest BCUT2D eigenvalue weighted by atomic mass is 9.87. The van der Waals surface area contributed by atoms with Crippen molar-refractivity contribution in [1.29, 1.82) is 0 Å². The van der Waals surface area contributed by atoms with Gasteiger partial charge in [0, 0.05) is 6.04 Å². The Hall–Kier alpha value is -0.830. The average Bonchev–Trinajstić information content (AvgIpc) is 2.01. The number of carbonyl (C=O) groups excluding carboxylic acids is 1. The van der Waals surface area contributed by atoms with E-state index in [-0.39, 0.29) is 17.4 Å². The van der Waals surface area contributed by atoms with E-state index < -0.39 is 6.04 Å². The van der Waals surface area contributed by atoms with Crippen LogP contribution in [0.4, 0.5) is 0 Å². The second-order valence-corrected chi connectivity index (χ2v) is 4.78. The molecular formula is C11H22N2O. The Morgan fingerprint density at radius 1 is 1.57 bits per heavy atom. The first-order chi connectivity index (χ1) is 6.29. The number of hydrogen-bond acceptors (Lipinski definition) is 2. The minimum absolute atomic E-state index is 0.0909. The van der Waals surface area contributed by atoms with Gasteiger partial charge in [-0.15, -0.1) is 6.58 Å². The maximum absolute atomic E-state index is 11.6. The molecule has 0 radical (unpaired) electrons. The van der Waals surface area contributed by atoms with Gasteiger partial charge in [-0.2, -0.15) is 0 Å². The van der Waals surface area contributed by atoms with Crippen molar-refractivity contribution in [3.8, 4) is 0 Å². The fraction of sp³-hybridized carbons (Fsp3) is 0.727. The summed E-state index contributed by atoms with van der Waals surface area (Å²) in [6.07, 6.45) is 2.55. The summed E-state index contributed by atoms with van der Waals surface area (Å²) in [4.78, 5) is 11.6. The van der Waals surface area contributed by atoms with Crippen LogP contribution >= 0.6 is 0 Å². The first kappa shape index (κ1) is 13.2. The Morgan fingerprint density at radius 3 is 2.43 bits per heavy atom. The summed E-state index contributed by atoms with van der Waals surface area (Å²) in [5.41, 5.74) is 5.60. The van der Waals surface area contributed by atoms with E-state index >= 15 is 0 Å². The minimum atomic E-state index is -0.463. The summed E-state index contributed by atoms with van der Waals surface area (Å²) in [7, 11) is 0. The molecule has 0 aliphatic carbocycles. The molecule has 3 N–H and O–H groups in total. The lowest BCUT2D eigenvalue weighted by molar-refractivity contribution is -0.125. The van der Waals surface area contributed by atoms with E-state index in [1.54, 1.807) is 6.08 Å². The predicted molar refractivity (Wildman–Crippen MR) is 59.8 cm³/mol. The highest BCUT2D eigenvalue weighted by molar-refractivity contribution is 5.82. The molecular weight excluding hydrogens is 176 g/mol. The van der Waals surface area contributed by atoms with Gasteiger partial charge in [-0.3, -0.25) is 4.79 Å². The number of nitrogens with one attached hydrogen (secondary N) is 1. The Bertz CT molecular complexity index is 206. The molecule has 0 saturated carbocycles. The van der Waals surface area contributed by atoms with Gasteiger partial charge in [0.05, 0.1) is 6.04 Å². The van der Waals surface area contributed by atoms with Crippen molar-refractivity contribution in [2.45, 2.75) is 46.2 Å². The van der Waals surface area contributed by atoms with Crippen LogP contribution in [0.25, 0.3) is 0 Å². The van der Waals surface area contributed by atoms with Crippen LogP contribution in [0.15, 0.2) is 12.7 Å². The van der Waals surface area contributed by atoms with E-state index in [0.29, 0.717) is 0 Å². The predicted octanol–water partition coefficient (Wildman–Crippen LogP) is 1.44. The molecule has 0 fully saturated rings. The molecule has 0 rings (SSSR count). The topological polar surface area (TPSA) is 55.1 Å². The summed E-state index contributed by atoms with van der Waals surface area (Å²) < 4.78 is 0. The molecule has 0 spiro atoms. The molecule has 0 aromatic rings. The monoisotopic (exact) mass is 198 g/mol. The van der Waals surface area contributed by atoms with Gasteiger partial charge >= 0.3 is 0 Å². The van der Waals surface area contributed by atoms with Crippen molar-refractivity contribution >= 4 is 5.91 Å². The average molecular weight is 198 g/mol. The molecule has 0 aromatic carbocycles. The first-order valence-electron chi connectivity index (χ1n) is 4.96. The molecule has 82 valence electrons. The zero-order valence-electron chi connectivity index (χ0n) is 9.63. The van der Waals surface area contributed by atoms with Crippen molar-refractivity contribution in [1.82, 2.24) is 5.32 Å². The van der Waals surface area contributed by atoms with Crippen LogP contribution in [-0.2, 0) is 4.79 Å². The van der Waals surface area contributed by atoms with Crippen LogP contribution in [0.2, 0.25) is 0 Å². The number of nitrogens with two attached hydrogens (primary N) is 1. The molecule has 0 aromatic heterocycles. The van der Waals surface area contributed by atoms with Crippen molar-refractivity contribution in [3.63, 3.8) is 0 Å². The van der Waals surface area contributed by atoms with Crippen LogP contribution in [0.3, 0.4) is 0 Å². The van der Waals surface area contributed by atoms with E-state index in [9.17, 15) is 4.79 Å². The number of hydrogen-bond donors (Lipinski definition) is 2. The highest BCUT2D eigenvalue weighted by atomic mass is 16.2. The Kier molecular flexibility index (Phi) is 4.85. The molecule has 0 aliphatic rings. The van der Waals surface area contributed by atoms with Crippen LogP contribution < -0.4 is 11.1 Å². The zero-order chi connectivity index (χ0) is 11.4. The summed E-state index contributed by atoms with van der Waals surface area (Å²) in [6, 6.07) is -0.358. The quantitative estimate of drug-likeness (QED) is 0.672. The Balaban J connectivity index is 4.15. The van der Waals surface area contributed by atoms with E-state index in [1.807, 2.05) is 27.7 Å². The third kappa shape index (κ3) is 4.42. The molecule has 3 nitrogen and oxygen atoms in total. The zero-order valence-corrected chi connectivity index (χ0v) is 9.63. The molecule has 1 unspecified atom stereocenters. The van der Waals surface area contributed by atoms with Gasteiger partial charge in [0.1, 0.15) is 0 Å². The smallest absolute Gasteiger partial charge is 0.237 e. The van der Waals surface area contributed by atoms with Crippen molar-refractivity contribution in [2.24, 2.45) is 11.1 Å². The molecule has 0 heterocycles. The van der Waals surface area contributed by atoms with E-state index in [1.165, 1.54) is 0 Å². The van der Waals surface area contributed by atoms with Crippen LogP contribution in [-0.4, -0.2) is 18.0 Å². The van der Waals surface area contributed by atoms with Gasteiger partial charge in [-0.1, -0.05) is 26.8 Å². The second-order valence-electron chi connectivity index (χ2n) is 4.78. The van der Waals surface area contributed by atoms with E-state index in [0.717, 1.165) is 6.42 Å². The van der Waals surface area contributed by atoms with Gasteiger partial charge in [-0.25, -0.2) is 0 Å². The lowest BCUT2D eigenvalue weighted by Gasteiger charge is -2.27. The lowest BCUT2D eigenvalue weighted by Crippen LogP contribution is -2.50. The maximum Gasteiger partial charge on any atom is 0.237 e. The first-order valence-corrected chi connectivity index (χ1v) is 4.96. The van der Waals surface area contributed by atoms with Crippen molar-refractivity contribution in [2.75, 3.05) is 0 Å². The van der Waals surface area contributed by atoms with Crippen LogP contribution in [0.1, 0.15) is 34.1 Å². The van der Waals surface area contributed by atoms with Gasteiger partial charge in [-0.05, 0) is 18.8 Å². The van der Waals surface area contributed by atoms with Gasteiger partial charge < -0.3 is 11.1 Å². The van der Waals surface area contributed by atoms with Crippen molar-refractivity contribution < 1.29 is 4.79 Å². The minimum Gasteiger partial charge on any atom is -0.352 e. The highest BCUT2D eigenvalue weighted by Gasteiger charge is 2.27. The third-order valence-corrected chi connectivity index (χ3v) is 2.12.